The lowest BCUT2D eigenvalue weighted by atomic mass is 9.86. The van der Waals surface area contributed by atoms with Crippen molar-refractivity contribution in [2.24, 2.45) is 0 Å². The number of aryl methyl sites for hydroxylation is 1. The van der Waals surface area contributed by atoms with Gasteiger partial charge in [0.15, 0.2) is 11.6 Å². The number of esters is 1. The van der Waals surface area contributed by atoms with E-state index < -0.39 is 37.0 Å². The van der Waals surface area contributed by atoms with Crippen LogP contribution in [-0.2, 0) is 43.8 Å². The maximum atomic E-state index is 14.0. The molecule has 0 spiro atoms. The maximum Gasteiger partial charge on any atom is 0.696 e. The molecule has 170 valence electrons. The summed E-state index contributed by atoms with van der Waals surface area (Å²) in [6.07, 6.45) is 0.440. The van der Waals surface area contributed by atoms with Crippen molar-refractivity contribution in [2.45, 2.75) is 45.4 Å². The average Bonchev–Trinajstić information content (AvgIpc) is 3.13. The van der Waals surface area contributed by atoms with Crippen LogP contribution in [0.1, 0.15) is 42.5 Å². The summed E-state index contributed by atoms with van der Waals surface area (Å²) in [7, 11) is -3.19. The molecule has 1 unspecified atom stereocenters. The van der Waals surface area contributed by atoms with Crippen molar-refractivity contribution in [1.29, 1.82) is 0 Å². The molecule has 2 atom stereocenters. The van der Waals surface area contributed by atoms with Crippen LogP contribution in [0.5, 0.6) is 0 Å². The summed E-state index contributed by atoms with van der Waals surface area (Å²) >= 11 is 0. The summed E-state index contributed by atoms with van der Waals surface area (Å²) in [4.78, 5) is 40.0. The van der Waals surface area contributed by atoms with Crippen LogP contribution < -0.4 is 5.56 Å². The number of cyclic esters (lactones) is 1. The first-order valence-corrected chi connectivity index (χ1v) is 11.4. The van der Waals surface area contributed by atoms with Crippen molar-refractivity contribution >= 4 is 25.1 Å². The minimum absolute atomic E-state index is 0.0495. The van der Waals surface area contributed by atoms with E-state index in [-0.39, 0.29) is 36.2 Å². The van der Waals surface area contributed by atoms with Gasteiger partial charge in [0, 0.05) is 27.1 Å². The van der Waals surface area contributed by atoms with Gasteiger partial charge in [-0.3, -0.25) is 4.79 Å². The minimum atomic E-state index is -3.19. The normalized spacial score (nSPS) is 19.2. The molecule has 0 bridgehead atoms. The Morgan fingerprint density at radius 1 is 1.21 bits per heavy atom. The predicted octanol–water partition coefficient (Wildman–Crippen LogP) is 3.59. The third kappa shape index (κ3) is 2.98. The molecule has 5 rings (SSSR count). The predicted molar refractivity (Wildman–Crippen MR) is 113 cm³/mol. The number of halogens is 2. The van der Waals surface area contributed by atoms with Crippen molar-refractivity contribution in [3.63, 3.8) is 0 Å². The van der Waals surface area contributed by atoms with E-state index in [1.807, 2.05) is 6.92 Å². The van der Waals surface area contributed by atoms with Crippen LogP contribution in [0.25, 0.3) is 22.3 Å². The molecule has 1 N–H and O–H groups in total. The van der Waals surface area contributed by atoms with Crippen molar-refractivity contribution in [3.8, 4) is 11.4 Å². The minimum Gasteiger partial charge on any atom is -0.458 e. The molecule has 0 saturated heterocycles. The van der Waals surface area contributed by atoms with Crippen LogP contribution in [0.3, 0.4) is 0 Å². The molecular formula is C22H18F2N2O6P+. The fourth-order valence-electron chi connectivity index (χ4n) is 4.83. The molecule has 33 heavy (non-hydrogen) atoms. The molecule has 0 saturated carbocycles. The second-order valence-corrected chi connectivity index (χ2v) is 8.61. The molecule has 0 fully saturated rings. The van der Waals surface area contributed by atoms with Crippen LogP contribution in [0, 0.1) is 11.6 Å². The van der Waals surface area contributed by atoms with Crippen LogP contribution in [0.2, 0.25) is 0 Å². The second kappa shape index (κ2) is 7.48. The van der Waals surface area contributed by atoms with Gasteiger partial charge in [-0.05, 0) is 30.5 Å². The summed E-state index contributed by atoms with van der Waals surface area (Å²) < 4.78 is 51.2. The van der Waals surface area contributed by atoms with E-state index in [0.29, 0.717) is 28.8 Å². The van der Waals surface area contributed by atoms with E-state index in [2.05, 4.69) is 4.98 Å². The molecule has 11 heteroatoms. The van der Waals surface area contributed by atoms with Gasteiger partial charge < -0.3 is 9.30 Å². The molecule has 2 aliphatic heterocycles. The van der Waals surface area contributed by atoms with E-state index in [0.717, 1.165) is 17.7 Å². The summed E-state index contributed by atoms with van der Waals surface area (Å²) in [5, 5.41) is 0.461. The van der Waals surface area contributed by atoms with Crippen molar-refractivity contribution in [3.05, 3.63) is 62.4 Å². The fourth-order valence-corrected chi connectivity index (χ4v) is 5.40. The van der Waals surface area contributed by atoms with Crippen molar-refractivity contribution in [2.75, 3.05) is 0 Å². The Kier molecular flexibility index (Phi) is 4.93. The molecule has 3 aromatic rings. The number of carbonyl (C=O) groups excluding carboxylic acids is 1. The lowest BCUT2D eigenvalue weighted by molar-refractivity contribution is -0.169. The average molecular weight is 475 g/mol. The van der Waals surface area contributed by atoms with Crippen molar-refractivity contribution < 1.29 is 32.3 Å². The zero-order valence-electron chi connectivity index (χ0n) is 17.6. The Morgan fingerprint density at radius 2 is 1.94 bits per heavy atom. The fraction of sp³-hybridized carbons (Fsp3) is 0.318. The van der Waals surface area contributed by atoms with Gasteiger partial charge >= 0.3 is 14.2 Å². The van der Waals surface area contributed by atoms with Crippen LogP contribution in [0.4, 0.5) is 8.78 Å². The highest BCUT2D eigenvalue weighted by molar-refractivity contribution is 7.32. The largest absolute Gasteiger partial charge is 0.696 e. The number of carbonyl (C=O) groups is 1. The number of benzene rings is 1. The Hall–Kier alpha value is -3.07. The Balaban J connectivity index is 1.83. The molecule has 8 nitrogen and oxygen atoms in total. The lowest BCUT2D eigenvalue weighted by Gasteiger charge is -2.31. The summed E-state index contributed by atoms with van der Waals surface area (Å²) in [5.74, 6) is -2.89. The molecule has 2 aliphatic rings. The Bertz CT molecular complexity index is 1450. The first kappa shape index (κ1) is 21.8. The number of ether oxygens (including phenoxy) is 1. The summed E-state index contributed by atoms with van der Waals surface area (Å²) in [5.41, 5.74) is 0.342. The van der Waals surface area contributed by atoms with Gasteiger partial charge in [-0.2, -0.15) is 0 Å². The van der Waals surface area contributed by atoms with E-state index >= 15 is 0 Å². The highest BCUT2D eigenvalue weighted by Crippen LogP contribution is 2.45. The number of aromatic nitrogens is 2. The molecule has 0 aliphatic carbocycles. The van der Waals surface area contributed by atoms with Gasteiger partial charge in [0.25, 0.3) is 5.56 Å². The molecule has 2 aromatic heterocycles. The van der Waals surface area contributed by atoms with E-state index in [1.54, 1.807) is 13.0 Å². The highest BCUT2D eigenvalue weighted by Gasteiger charge is 2.54. The number of nitrogens with zero attached hydrogens (tertiary/aromatic N) is 2. The van der Waals surface area contributed by atoms with Crippen LogP contribution in [-0.4, -0.2) is 20.4 Å². The Morgan fingerprint density at radius 3 is 2.61 bits per heavy atom. The number of pyridine rings is 2. The molecule has 1 aromatic carbocycles. The molecule has 0 radical (unpaired) electrons. The standard InChI is InChI=1S/C22H17F2N2O6P/c1-3-10-11-5-15(23)16(24)7-17(11)25-19-12(10)8-26-18(19)6-14-13(20(26)27)9-31-21(28)22(14,4-2)32-33(29)30/h5-7H,3-4,8-9H2,1-2H3/p+1/t22-/m0/s1. The number of rotatable bonds is 4. The zero-order valence-corrected chi connectivity index (χ0v) is 18.5. The van der Waals surface area contributed by atoms with Crippen LogP contribution in [0.15, 0.2) is 23.0 Å². The topological polar surface area (TPSA) is 108 Å². The summed E-state index contributed by atoms with van der Waals surface area (Å²) in [6.45, 7) is 3.30. The Labute approximate surface area is 186 Å². The smallest absolute Gasteiger partial charge is 0.458 e. The maximum absolute atomic E-state index is 14.0. The van der Waals surface area contributed by atoms with Gasteiger partial charge in [-0.25, -0.2) is 18.6 Å². The highest BCUT2D eigenvalue weighted by atomic mass is 31.1. The molecule has 4 heterocycles. The van der Waals surface area contributed by atoms with E-state index in [1.165, 1.54) is 4.57 Å². The van der Waals surface area contributed by atoms with Gasteiger partial charge in [-0.15, -0.1) is 4.89 Å². The van der Waals surface area contributed by atoms with Crippen LogP contribution >= 0.6 is 8.25 Å². The SMILES string of the molecule is CCc1c2c(nc3cc(F)c(F)cc13)-c1cc3c(c(=O)n1C2)COC(=O)[C@@]3(CC)O[P+](=O)O. The van der Waals surface area contributed by atoms with Gasteiger partial charge in [0.05, 0.1) is 29.0 Å². The quantitative estimate of drug-likeness (QED) is 0.355. The summed E-state index contributed by atoms with van der Waals surface area (Å²) in [6, 6.07) is 3.66. The number of hydrogen-bond donors (Lipinski definition) is 1. The lowest BCUT2D eigenvalue weighted by Crippen LogP contribution is -2.45. The second-order valence-electron chi connectivity index (χ2n) is 7.95. The first-order chi connectivity index (χ1) is 15.7. The van der Waals surface area contributed by atoms with E-state index in [9.17, 15) is 27.8 Å². The molecular weight excluding hydrogens is 457 g/mol. The monoisotopic (exact) mass is 475 g/mol. The van der Waals surface area contributed by atoms with Crippen molar-refractivity contribution in [1.82, 2.24) is 9.55 Å². The van der Waals surface area contributed by atoms with E-state index in [4.69, 9.17) is 9.26 Å². The molecule has 0 amide bonds. The first-order valence-electron chi connectivity index (χ1n) is 10.3. The third-order valence-corrected chi connectivity index (χ3v) is 6.87. The zero-order chi connectivity index (χ0) is 23.7. The van der Waals surface area contributed by atoms with Gasteiger partial charge in [0.2, 0.25) is 5.60 Å². The van der Waals surface area contributed by atoms with Gasteiger partial charge in [0.1, 0.15) is 6.61 Å². The number of hydrogen-bond acceptors (Lipinski definition) is 6. The van der Waals surface area contributed by atoms with Gasteiger partial charge in [-0.1, -0.05) is 18.4 Å². The third-order valence-electron chi connectivity index (χ3n) is 6.40. The number of fused-ring (bicyclic) bond motifs is 5.